The molecule has 1 N–H and O–H groups in total. The maximum absolute atomic E-state index is 11.8. The van der Waals surface area contributed by atoms with Gasteiger partial charge in [0.1, 0.15) is 10.7 Å². The van der Waals surface area contributed by atoms with Crippen LogP contribution in [0.2, 0.25) is 0 Å². The maximum Gasteiger partial charge on any atom is 0.272 e. The summed E-state index contributed by atoms with van der Waals surface area (Å²) in [6, 6.07) is 3.61. The number of pyridine rings is 1. The maximum atomic E-state index is 11.8. The van der Waals surface area contributed by atoms with E-state index in [0.29, 0.717) is 12.2 Å². The van der Waals surface area contributed by atoms with Crippen LogP contribution in [-0.4, -0.2) is 34.9 Å². The molecular weight excluding hydrogens is 272 g/mol. The van der Waals surface area contributed by atoms with Gasteiger partial charge in [0.15, 0.2) is 0 Å². The van der Waals surface area contributed by atoms with Crippen LogP contribution in [0.3, 0.4) is 0 Å². The first-order valence-corrected chi connectivity index (χ1v) is 7.27. The van der Waals surface area contributed by atoms with Crippen LogP contribution in [0.25, 0.3) is 0 Å². The SMILES string of the molecule is CCc1cnc(CNc2ccnc(C(=O)N(C)C)c2)s1. The molecule has 2 aromatic heterocycles. The van der Waals surface area contributed by atoms with E-state index < -0.39 is 0 Å². The van der Waals surface area contributed by atoms with Crippen LogP contribution < -0.4 is 5.32 Å². The van der Waals surface area contributed by atoms with Crippen LogP contribution in [0.4, 0.5) is 5.69 Å². The summed E-state index contributed by atoms with van der Waals surface area (Å²) in [4.78, 5) is 23.1. The first-order chi connectivity index (χ1) is 9.60. The Labute approximate surface area is 122 Å². The lowest BCUT2D eigenvalue weighted by Crippen LogP contribution is -2.22. The number of thiazole rings is 1. The number of amides is 1. The molecule has 0 saturated heterocycles. The van der Waals surface area contributed by atoms with E-state index in [1.807, 2.05) is 12.3 Å². The molecule has 0 aliphatic rings. The molecule has 0 atom stereocenters. The van der Waals surface area contributed by atoms with Gasteiger partial charge in [0.2, 0.25) is 0 Å². The minimum absolute atomic E-state index is 0.101. The molecule has 6 heteroatoms. The Morgan fingerprint density at radius 2 is 2.20 bits per heavy atom. The molecule has 5 nitrogen and oxygen atoms in total. The van der Waals surface area contributed by atoms with Gasteiger partial charge in [-0.1, -0.05) is 6.92 Å². The third-order valence-electron chi connectivity index (χ3n) is 2.78. The predicted octanol–water partition coefficient (Wildman–Crippen LogP) is 2.41. The zero-order chi connectivity index (χ0) is 14.5. The summed E-state index contributed by atoms with van der Waals surface area (Å²) in [5.74, 6) is -0.101. The molecule has 2 rings (SSSR count). The average molecular weight is 290 g/mol. The van der Waals surface area contributed by atoms with Gasteiger partial charge < -0.3 is 10.2 Å². The van der Waals surface area contributed by atoms with Crippen LogP contribution in [-0.2, 0) is 13.0 Å². The van der Waals surface area contributed by atoms with Crippen molar-refractivity contribution in [1.82, 2.24) is 14.9 Å². The number of aryl methyl sites for hydroxylation is 1. The van der Waals surface area contributed by atoms with Gasteiger partial charge >= 0.3 is 0 Å². The fourth-order valence-corrected chi connectivity index (χ4v) is 2.46. The van der Waals surface area contributed by atoms with Gasteiger partial charge in [0, 0.05) is 37.1 Å². The van der Waals surface area contributed by atoms with Gasteiger partial charge in [0.25, 0.3) is 5.91 Å². The fourth-order valence-electron chi connectivity index (χ4n) is 1.66. The second kappa shape index (κ2) is 6.47. The van der Waals surface area contributed by atoms with E-state index in [-0.39, 0.29) is 5.91 Å². The third-order valence-corrected chi connectivity index (χ3v) is 3.92. The Morgan fingerprint density at radius 3 is 2.85 bits per heavy atom. The van der Waals surface area contributed by atoms with Crippen LogP contribution >= 0.6 is 11.3 Å². The number of aromatic nitrogens is 2. The quantitative estimate of drug-likeness (QED) is 0.918. The summed E-state index contributed by atoms with van der Waals surface area (Å²) in [6.45, 7) is 2.77. The van der Waals surface area contributed by atoms with Crippen LogP contribution in [0.5, 0.6) is 0 Å². The zero-order valence-corrected chi connectivity index (χ0v) is 12.7. The number of rotatable bonds is 5. The normalized spacial score (nSPS) is 10.3. The highest BCUT2D eigenvalue weighted by atomic mass is 32.1. The largest absolute Gasteiger partial charge is 0.378 e. The highest BCUT2D eigenvalue weighted by molar-refractivity contribution is 7.11. The van der Waals surface area contributed by atoms with Gasteiger partial charge in [-0.05, 0) is 18.6 Å². The summed E-state index contributed by atoms with van der Waals surface area (Å²) in [6.07, 6.45) is 4.56. The summed E-state index contributed by atoms with van der Waals surface area (Å²) in [5.41, 5.74) is 1.31. The standard InChI is InChI=1S/C14H18N4OS/c1-4-11-8-17-13(20-11)9-16-10-5-6-15-12(7-10)14(19)18(2)3/h5-8H,4,9H2,1-3H3,(H,15,16). The highest BCUT2D eigenvalue weighted by Gasteiger charge is 2.10. The van der Waals surface area contributed by atoms with Crippen molar-refractivity contribution in [2.45, 2.75) is 19.9 Å². The van der Waals surface area contributed by atoms with Crippen molar-refractivity contribution in [3.05, 3.63) is 40.1 Å². The monoisotopic (exact) mass is 290 g/mol. The Balaban J connectivity index is 2.02. The van der Waals surface area contributed by atoms with E-state index in [4.69, 9.17) is 0 Å². The van der Waals surface area contributed by atoms with Crippen molar-refractivity contribution in [3.8, 4) is 0 Å². The van der Waals surface area contributed by atoms with Crippen LogP contribution in [0.1, 0.15) is 27.3 Å². The van der Waals surface area contributed by atoms with Crippen molar-refractivity contribution in [2.75, 3.05) is 19.4 Å². The summed E-state index contributed by atoms with van der Waals surface area (Å²) in [7, 11) is 3.43. The number of hydrogen-bond donors (Lipinski definition) is 1. The smallest absolute Gasteiger partial charge is 0.272 e. The number of carbonyl (C=O) groups is 1. The minimum Gasteiger partial charge on any atom is -0.378 e. The van der Waals surface area contributed by atoms with Crippen molar-refractivity contribution in [3.63, 3.8) is 0 Å². The second-order valence-corrected chi connectivity index (χ2v) is 5.76. The third kappa shape index (κ3) is 3.54. The van der Waals surface area contributed by atoms with Gasteiger partial charge in [0.05, 0.1) is 6.54 Å². The number of nitrogens with zero attached hydrogens (tertiary/aromatic N) is 3. The molecule has 0 spiro atoms. The molecule has 20 heavy (non-hydrogen) atoms. The molecule has 0 aromatic carbocycles. The van der Waals surface area contributed by atoms with Crippen LogP contribution in [0.15, 0.2) is 24.5 Å². The molecule has 0 saturated carbocycles. The lowest BCUT2D eigenvalue weighted by Gasteiger charge is -2.10. The predicted molar refractivity (Wildman–Crippen MR) is 81.1 cm³/mol. The Bertz CT molecular complexity index is 594. The lowest BCUT2D eigenvalue weighted by molar-refractivity contribution is 0.0822. The molecular formula is C14H18N4OS. The van der Waals surface area contributed by atoms with E-state index in [9.17, 15) is 4.79 Å². The van der Waals surface area contributed by atoms with Gasteiger partial charge in [-0.3, -0.25) is 9.78 Å². The summed E-state index contributed by atoms with van der Waals surface area (Å²) >= 11 is 1.70. The fraction of sp³-hybridized carbons (Fsp3) is 0.357. The molecule has 0 fully saturated rings. The molecule has 106 valence electrons. The van der Waals surface area contributed by atoms with Gasteiger partial charge in [-0.15, -0.1) is 11.3 Å². The number of anilines is 1. The Hall–Kier alpha value is -1.95. The number of hydrogen-bond acceptors (Lipinski definition) is 5. The molecule has 0 unspecified atom stereocenters. The number of nitrogens with one attached hydrogen (secondary N) is 1. The molecule has 0 radical (unpaired) electrons. The summed E-state index contributed by atoms with van der Waals surface area (Å²) < 4.78 is 0. The van der Waals surface area contributed by atoms with Crippen LogP contribution in [0, 0.1) is 0 Å². The van der Waals surface area contributed by atoms with Crippen molar-refractivity contribution in [1.29, 1.82) is 0 Å². The van der Waals surface area contributed by atoms with Crippen molar-refractivity contribution in [2.24, 2.45) is 0 Å². The van der Waals surface area contributed by atoms with E-state index in [1.165, 1.54) is 9.78 Å². The molecule has 0 aliphatic heterocycles. The molecule has 1 amide bonds. The van der Waals surface area contributed by atoms with E-state index in [0.717, 1.165) is 17.1 Å². The van der Waals surface area contributed by atoms with Crippen molar-refractivity contribution < 1.29 is 4.79 Å². The second-order valence-electron chi connectivity index (χ2n) is 4.56. The molecule has 2 aromatic rings. The minimum atomic E-state index is -0.101. The van der Waals surface area contributed by atoms with E-state index in [2.05, 4.69) is 22.2 Å². The first kappa shape index (κ1) is 14.5. The zero-order valence-electron chi connectivity index (χ0n) is 11.9. The number of carbonyl (C=O) groups excluding carboxylic acids is 1. The Kier molecular flexibility index (Phi) is 4.68. The van der Waals surface area contributed by atoms with Gasteiger partial charge in [-0.25, -0.2) is 4.98 Å². The van der Waals surface area contributed by atoms with E-state index >= 15 is 0 Å². The lowest BCUT2D eigenvalue weighted by atomic mass is 10.3. The molecule has 0 bridgehead atoms. The van der Waals surface area contributed by atoms with Gasteiger partial charge in [-0.2, -0.15) is 0 Å². The molecule has 0 aliphatic carbocycles. The molecule has 2 heterocycles. The van der Waals surface area contributed by atoms with E-state index in [1.54, 1.807) is 37.7 Å². The Morgan fingerprint density at radius 1 is 1.40 bits per heavy atom. The summed E-state index contributed by atoms with van der Waals surface area (Å²) in [5, 5.41) is 4.31. The average Bonchev–Trinajstić information content (AvgIpc) is 2.92. The van der Waals surface area contributed by atoms with Crippen molar-refractivity contribution >= 4 is 22.9 Å². The topological polar surface area (TPSA) is 58.1 Å². The first-order valence-electron chi connectivity index (χ1n) is 6.45. The highest BCUT2D eigenvalue weighted by Crippen LogP contribution is 2.16.